The van der Waals surface area contributed by atoms with Gasteiger partial charge in [0.2, 0.25) is 0 Å². The number of benzene rings is 1. The molecule has 2 rings (SSSR count). The van der Waals surface area contributed by atoms with Crippen LogP contribution in [0.5, 0.6) is 0 Å². The summed E-state index contributed by atoms with van der Waals surface area (Å²) in [6.07, 6.45) is -0.321. The third-order valence-corrected chi connectivity index (χ3v) is 5.69. The SMILES string of the molecule is CN(C)S(=O)(=O)N[C@@H]1CCN(Cc2ccc(F)c(Cl)c2)C[C@H]1O. The molecule has 0 spiro atoms. The summed E-state index contributed by atoms with van der Waals surface area (Å²) in [7, 11) is -0.706. The van der Waals surface area contributed by atoms with Gasteiger partial charge in [-0.2, -0.15) is 17.4 Å². The zero-order chi connectivity index (χ0) is 17.2. The molecular weight excluding hydrogens is 345 g/mol. The van der Waals surface area contributed by atoms with Crippen molar-refractivity contribution < 1.29 is 17.9 Å². The first kappa shape index (κ1) is 18.6. The lowest BCUT2D eigenvalue weighted by atomic mass is 10.0. The van der Waals surface area contributed by atoms with Gasteiger partial charge in [-0.25, -0.2) is 4.39 Å². The van der Waals surface area contributed by atoms with Crippen LogP contribution in [-0.2, 0) is 16.8 Å². The van der Waals surface area contributed by atoms with Crippen LogP contribution in [0.2, 0.25) is 5.02 Å². The van der Waals surface area contributed by atoms with Gasteiger partial charge in [0.1, 0.15) is 5.82 Å². The van der Waals surface area contributed by atoms with Crippen molar-refractivity contribution in [2.75, 3.05) is 27.2 Å². The first-order valence-corrected chi connectivity index (χ1v) is 9.05. The maximum atomic E-state index is 13.2. The molecule has 0 radical (unpaired) electrons. The van der Waals surface area contributed by atoms with Crippen molar-refractivity contribution in [2.45, 2.75) is 25.1 Å². The van der Waals surface area contributed by atoms with E-state index in [9.17, 15) is 17.9 Å². The van der Waals surface area contributed by atoms with Crippen molar-refractivity contribution in [1.82, 2.24) is 13.9 Å². The standard InChI is InChI=1S/C14H21ClFN3O3S/c1-18(2)23(21,22)17-13-5-6-19(9-14(13)20)8-10-3-4-12(16)11(15)7-10/h3-4,7,13-14,17,20H,5-6,8-9H2,1-2H3/t13-,14-/m1/s1. The summed E-state index contributed by atoms with van der Waals surface area (Å²) in [6, 6.07) is 4.00. The van der Waals surface area contributed by atoms with E-state index in [0.29, 0.717) is 26.1 Å². The van der Waals surface area contributed by atoms with Gasteiger partial charge in [0.25, 0.3) is 10.2 Å². The molecule has 1 aromatic rings. The summed E-state index contributed by atoms with van der Waals surface area (Å²) in [5, 5.41) is 10.3. The van der Waals surface area contributed by atoms with Crippen LogP contribution < -0.4 is 4.72 Å². The third kappa shape index (κ3) is 4.85. The van der Waals surface area contributed by atoms with E-state index in [-0.39, 0.29) is 5.02 Å². The molecule has 9 heteroatoms. The van der Waals surface area contributed by atoms with Crippen molar-refractivity contribution >= 4 is 21.8 Å². The Morgan fingerprint density at radius 2 is 2.17 bits per heavy atom. The maximum Gasteiger partial charge on any atom is 0.279 e. The maximum absolute atomic E-state index is 13.2. The molecule has 1 aromatic carbocycles. The number of nitrogens with zero attached hydrogens (tertiary/aromatic N) is 2. The largest absolute Gasteiger partial charge is 0.390 e. The van der Waals surface area contributed by atoms with Crippen molar-refractivity contribution in [3.05, 3.63) is 34.6 Å². The summed E-state index contributed by atoms with van der Waals surface area (Å²) in [5.41, 5.74) is 0.843. The second-order valence-electron chi connectivity index (χ2n) is 5.85. The van der Waals surface area contributed by atoms with Gasteiger partial charge >= 0.3 is 0 Å². The topological polar surface area (TPSA) is 72.9 Å². The highest BCUT2D eigenvalue weighted by Gasteiger charge is 2.31. The molecule has 0 aromatic heterocycles. The van der Waals surface area contributed by atoms with Gasteiger partial charge in [-0.1, -0.05) is 17.7 Å². The first-order chi connectivity index (χ1) is 10.7. The predicted octanol–water partition coefficient (Wildman–Crippen LogP) is 0.810. The summed E-state index contributed by atoms with van der Waals surface area (Å²) < 4.78 is 40.4. The highest BCUT2D eigenvalue weighted by Crippen LogP contribution is 2.19. The number of hydrogen-bond donors (Lipinski definition) is 2. The number of aliphatic hydroxyl groups is 1. The molecule has 0 aliphatic carbocycles. The first-order valence-electron chi connectivity index (χ1n) is 7.23. The Morgan fingerprint density at radius 3 is 2.74 bits per heavy atom. The average Bonchev–Trinajstić information content (AvgIpc) is 2.45. The summed E-state index contributed by atoms with van der Waals surface area (Å²) in [4.78, 5) is 1.98. The summed E-state index contributed by atoms with van der Waals surface area (Å²) >= 11 is 5.76. The minimum atomic E-state index is -3.57. The number of nitrogens with one attached hydrogen (secondary N) is 1. The smallest absolute Gasteiger partial charge is 0.279 e. The molecular formula is C14H21ClFN3O3S. The van der Waals surface area contributed by atoms with Crippen LogP contribution in [0.1, 0.15) is 12.0 Å². The Balaban J connectivity index is 1.94. The van der Waals surface area contributed by atoms with E-state index in [2.05, 4.69) is 4.72 Å². The fraction of sp³-hybridized carbons (Fsp3) is 0.571. The number of β-amino-alcohol motifs (C(OH)–C–C–N with tert-alkyl or cyclic N) is 1. The van der Waals surface area contributed by atoms with E-state index >= 15 is 0 Å². The minimum absolute atomic E-state index is 0.0664. The fourth-order valence-electron chi connectivity index (χ4n) is 2.47. The second kappa shape index (κ2) is 7.42. The zero-order valence-electron chi connectivity index (χ0n) is 13.0. The summed E-state index contributed by atoms with van der Waals surface area (Å²) in [6.45, 7) is 1.46. The van der Waals surface area contributed by atoms with E-state index in [1.54, 1.807) is 12.1 Å². The molecule has 0 amide bonds. The van der Waals surface area contributed by atoms with Crippen molar-refractivity contribution in [3.63, 3.8) is 0 Å². The van der Waals surface area contributed by atoms with Crippen molar-refractivity contribution in [3.8, 4) is 0 Å². The van der Waals surface area contributed by atoms with Gasteiger partial charge in [0.15, 0.2) is 0 Å². The molecule has 1 aliphatic heterocycles. The van der Waals surface area contributed by atoms with E-state index in [0.717, 1.165) is 9.87 Å². The Kier molecular flexibility index (Phi) is 5.99. The molecule has 0 saturated carbocycles. The van der Waals surface area contributed by atoms with Crippen LogP contribution in [0.15, 0.2) is 18.2 Å². The van der Waals surface area contributed by atoms with Gasteiger partial charge in [0, 0.05) is 33.7 Å². The van der Waals surface area contributed by atoms with Gasteiger partial charge < -0.3 is 5.11 Å². The van der Waals surface area contributed by atoms with Crippen LogP contribution >= 0.6 is 11.6 Å². The van der Waals surface area contributed by atoms with Crippen LogP contribution in [-0.4, -0.2) is 62.1 Å². The van der Waals surface area contributed by atoms with Crippen LogP contribution in [0.3, 0.4) is 0 Å². The van der Waals surface area contributed by atoms with Gasteiger partial charge in [-0.3, -0.25) is 4.90 Å². The van der Waals surface area contributed by atoms with Crippen molar-refractivity contribution in [2.24, 2.45) is 0 Å². The Bertz CT molecular complexity index is 657. The molecule has 0 bridgehead atoms. The molecule has 6 nitrogen and oxygen atoms in total. The fourth-order valence-corrected chi connectivity index (χ4v) is 3.54. The lowest BCUT2D eigenvalue weighted by molar-refractivity contribution is 0.0441. The Labute approximate surface area is 141 Å². The number of likely N-dealkylation sites (tertiary alicyclic amines) is 1. The van der Waals surface area contributed by atoms with Crippen LogP contribution in [0.4, 0.5) is 4.39 Å². The van der Waals surface area contributed by atoms with Gasteiger partial charge in [0.05, 0.1) is 17.2 Å². The number of aliphatic hydroxyl groups excluding tert-OH is 1. The van der Waals surface area contributed by atoms with Gasteiger partial charge in [-0.05, 0) is 24.1 Å². The van der Waals surface area contributed by atoms with Crippen LogP contribution in [0.25, 0.3) is 0 Å². The Hall–Kier alpha value is -0.770. The molecule has 1 heterocycles. The van der Waals surface area contributed by atoms with E-state index in [1.807, 2.05) is 4.90 Å². The predicted molar refractivity (Wildman–Crippen MR) is 86.8 cm³/mol. The van der Waals surface area contributed by atoms with Crippen LogP contribution in [0, 0.1) is 5.82 Å². The highest BCUT2D eigenvalue weighted by atomic mass is 35.5. The minimum Gasteiger partial charge on any atom is -0.390 e. The normalized spacial score (nSPS) is 23.4. The molecule has 2 atom stereocenters. The lowest BCUT2D eigenvalue weighted by Gasteiger charge is -2.36. The van der Waals surface area contributed by atoms with Gasteiger partial charge in [-0.15, -0.1) is 0 Å². The molecule has 23 heavy (non-hydrogen) atoms. The second-order valence-corrected chi connectivity index (χ2v) is 8.17. The lowest BCUT2D eigenvalue weighted by Crippen LogP contribution is -2.55. The number of halogens is 2. The highest BCUT2D eigenvalue weighted by molar-refractivity contribution is 7.87. The molecule has 1 fully saturated rings. The Morgan fingerprint density at radius 1 is 1.48 bits per heavy atom. The van der Waals surface area contributed by atoms with E-state index in [4.69, 9.17) is 11.6 Å². The molecule has 2 N–H and O–H groups in total. The number of hydrogen-bond acceptors (Lipinski definition) is 4. The molecule has 1 saturated heterocycles. The molecule has 0 unspecified atom stereocenters. The zero-order valence-corrected chi connectivity index (χ0v) is 14.6. The van der Waals surface area contributed by atoms with E-state index in [1.165, 1.54) is 20.2 Å². The average molecular weight is 366 g/mol. The molecule has 1 aliphatic rings. The quantitative estimate of drug-likeness (QED) is 0.810. The monoisotopic (exact) mass is 365 g/mol. The summed E-state index contributed by atoms with van der Waals surface area (Å²) in [5.74, 6) is -0.466. The molecule has 130 valence electrons. The van der Waals surface area contributed by atoms with Crippen molar-refractivity contribution in [1.29, 1.82) is 0 Å². The number of piperidine rings is 1. The number of rotatable bonds is 5. The third-order valence-electron chi connectivity index (χ3n) is 3.84. The van der Waals surface area contributed by atoms with E-state index < -0.39 is 28.2 Å².